The molecule has 4 rings (SSSR count). The van der Waals surface area contributed by atoms with E-state index in [-0.39, 0.29) is 21.9 Å². The third-order valence-corrected chi connectivity index (χ3v) is 7.28. The number of pyridine rings is 1. The van der Waals surface area contributed by atoms with Crippen LogP contribution in [-0.2, 0) is 14.8 Å². The van der Waals surface area contributed by atoms with E-state index in [1.807, 2.05) is 0 Å². The van der Waals surface area contributed by atoms with E-state index in [9.17, 15) is 22.0 Å². The second-order valence-corrected chi connectivity index (χ2v) is 11.2. The van der Waals surface area contributed by atoms with Gasteiger partial charge in [0.25, 0.3) is 6.43 Å². The molecule has 0 bridgehead atoms. The summed E-state index contributed by atoms with van der Waals surface area (Å²) in [5, 5.41) is 0. The number of alkyl halides is 2. The van der Waals surface area contributed by atoms with Crippen LogP contribution < -0.4 is 0 Å². The summed E-state index contributed by atoms with van der Waals surface area (Å²) in [4.78, 5) is 17.6. The van der Waals surface area contributed by atoms with Crippen LogP contribution in [0.3, 0.4) is 0 Å². The van der Waals surface area contributed by atoms with Crippen LogP contribution in [0.5, 0.6) is 0 Å². The van der Waals surface area contributed by atoms with Crippen LogP contribution in [0.2, 0.25) is 0 Å². The summed E-state index contributed by atoms with van der Waals surface area (Å²) in [6.07, 6.45) is -1.61. The Labute approximate surface area is 169 Å². The third-order valence-electron chi connectivity index (χ3n) is 5.44. The lowest BCUT2D eigenvalue weighted by atomic mass is 9.75. The fraction of sp³-hybridized carbons (Fsp3) is 0.684. The van der Waals surface area contributed by atoms with Gasteiger partial charge in [0.1, 0.15) is 16.2 Å². The molecule has 29 heavy (non-hydrogen) atoms. The molecule has 1 saturated carbocycles. The van der Waals surface area contributed by atoms with Gasteiger partial charge >= 0.3 is 6.09 Å². The molecule has 160 valence electrons. The van der Waals surface area contributed by atoms with Crippen LogP contribution in [0.25, 0.3) is 0 Å². The fourth-order valence-corrected chi connectivity index (χ4v) is 5.78. The van der Waals surface area contributed by atoms with E-state index in [1.165, 1.54) is 10.4 Å². The fourth-order valence-electron chi connectivity index (χ4n) is 3.90. The number of nitrogens with zero attached hydrogens (tertiary/aromatic N) is 3. The van der Waals surface area contributed by atoms with Gasteiger partial charge in [-0.2, -0.15) is 4.31 Å². The van der Waals surface area contributed by atoms with Crippen molar-refractivity contribution in [3.05, 3.63) is 23.5 Å². The van der Waals surface area contributed by atoms with E-state index in [2.05, 4.69) is 4.98 Å². The van der Waals surface area contributed by atoms with Gasteiger partial charge in [-0.15, -0.1) is 0 Å². The predicted octanol–water partition coefficient (Wildman–Crippen LogP) is 3.14. The van der Waals surface area contributed by atoms with Crippen LogP contribution in [0, 0.1) is 5.41 Å². The second-order valence-electron chi connectivity index (χ2n) is 9.30. The van der Waals surface area contributed by atoms with Crippen molar-refractivity contribution < 1.29 is 26.7 Å². The number of rotatable bonds is 4. The number of hydrogen-bond acceptors (Lipinski definition) is 5. The largest absolute Gasteiger partial charge is 0.444 e. The average Bonchev–Trinajstić information content (AvgIpc) is 3.34. The first-order valence-corrected chi connectivity index (χ1v) is 11.1. The molecule has 7 nitrogen and oxygen atoms in total. The Morgan fingerprint density at radius 2 is 1.83 bits per heavy atom. The average molecular weight is 429 g/mol. The molecule has 0 atom stereocenters. The molecule has 1 aromatic heterocycles. The number of ether oxygens (including phenoxy) is 1. The van der Waals surface area contributed by atoms with Gasteiger partial charge in [-0.1, -0.05) is 0 Å². The molecule has 0 N–H and O–H groups in total. The maximum atomic E-state index is 13.1. The number of sulfonamides is 1. The number of likely N-dealkylation sites (tertiary alicyclic amines) is 1. The number of amides is 1. The molecule has 1 amide bonds. The topological polar surface area (TPSA) is 79.8 Å². The summed E-state index contributed by atoms with van der Waals surface area (Å²) < 4.78 is 58.8. The minimum absolute atomic E-state index is 0.0302. The van der Waals surface area contributed by atoms with Gasteiger partial charge in [-0.05, 0) is 45.7 Å². The molecule has 1 spiro atoms. The molecule has 3 fully saturated rings. The highest BCUT2D eigenvalue weighted by Gasteiger charge is 2.57. The number of aromatic nitrogens is 1. The molecule has 1 aromatic rings. The zero-order valence-electron chi connectivity index (χ0n) is 16.7. The van der Waals surface area contributed by atoms with Crippen LogP contribution in [-0.4, -0.2) is 60.5 Å². The van der Waals surface area contributed by atoms with Crippen LogP contribution in [0.1, 0.15) is 57.3 Å². The summed E-state index contributed by atoms with van der Waals surface area (Å²) in [5.41, 5.74) is -0.962. The van der Waals surface area contributed by atoms with Gasteiger partial charge in [-0.25, -0.2) is 22.0 Å². The molecule has 1 aliphatic carbocycles. The van der Waals surface area contributed by atoms with E-state index in [4.69, 9.17) is 4.74 Å². The maximum absolute atomic E-state index is 13.1. The Kier molecular flexibility index (Phi) is 4.65. The number of halogens is 2. The Bertz CT molecular complexity index is 927. The minimum Gasteiger partial charge on any atom is -0.444 e. The Hall–Kier alpha value is -1.81. The highest BCUT2D eigenvalue weighted by molar-refractivity contribution is 7.89. The van der Waals surface area contributed by atoms with E-state index in [0.717, 1.165) is 18.9 Å². The predicted molar refractivity (Wildman–Crippen MR) is 100 cm³/mol. The summed E-state index contributed by atoms with van der Waals surface area (Å²) in [7, 11) is -3.80. The Morgan fingerprint density at radius 3 is 2.34 bits per heavy atom. The highest BCUT2D eigenvalue weighted by atomic mass is 32.2. The van der Waals surface area contributed by atoms with Gasteiger partial charge in [0, 0.05) is 37.5 Å². The van der Waals surface area contributed by atoms with Crippen LogP contribution in [0.4, 0.5) is 13.6 Å². The van der Waals surface area contributed by atoms with Crippen molar-refractivity contribution in [3.63, 3.8) is 0 Å². The van der Waals surface area contributed by atoms with Crippen molar-refractivity contribution >= 4 is 16.1 Å². The first-order valence-electron chi connectivity index (χ1n) is 9.67. The molecule has 2 saturated heterocycles. The van der Waals surface area contributed by atoms with Gasteiger partial charge in [0.05, 0.1) is 5.69 Å². The van der Waals surface area contributed by atoms with Crippen molar-refractivity contribution in [3.8, 4) is 0 Å². The van der Waals surface area contributed by atoms with E-state index >= 15 is 0 Å². The second kappa shape index (κ2) is 6.60. The van der Waals surface area contributed by atoms with Crippen molar-refractivity contribution in [2.24, 2.45) is 5.41 Å². The zero-order chi connectivity index (χ0) is 21.2. The SMILES string of the molecule is CC(C)(C)OC(=O)N1CC2(C1)CN(S(=O)(=O)c1ccc(C(F)F)nc1C1CC1)C2. The molecular weight excluding hydrogens is 404 g/mol. The summed E-state index contributed by atoms with van der Waals surface area (Å²) in [5.74, 6) is -0.0694. The van der Waals surface area contributed by atoms with Crippen molar-refractivity contribution in [1.82, 2.24) is 14.2 Å². The molecule has 0 radical (unpaired) electrons. The Morgan fingerprint density at radius 1 is 1.21 bits per heavy atom. The first-order chi connectivity index (χ1) is 13.4. The lowest BCUT2D eigenvalue weighted by molar-refractivity contribution is -0.0839. The van der Waals surface area contributed by atoms with Crippen LogP contribution in [0.15, 0.2) is 17.0 Å². The maximum Gasteiger partial charge on any atom is 0.410 e. The lowest BCUT2D eigenvalue weighted by Gasteiger charge is -2.59. The van der Waals surface area contributed by atoms with Gasteiger partial charge in [-0.3, -0.25) is 4.98 Å². The summed E-state index contributed by atoms with van der Waals surface area (Å²) in [6, 6.07) is 2.35. The first kappa shape index (κ1) is 20.5. The van der Waals surface area contributed by atoms with E-state index in [1.54, 1.807) is 25.7 Å². The molecule has 0 unspecified atom stereocenters. The zero-order valence-corrected chi connectivity index (χ0v) is 17.5. The summed E-state index contributed by atoms with van der Waals surface area (Å²) in [6.45, 7) is 6.89. The van der Waals surface area contributed by atoms with Gasteiger partial charge in [0.15, 0.2) is 0 Å². The van der Waals surface area contributed by atoms with Crippen molar-refractivity contribution in [2.75, 3.05) is 26.2 Å². The molecule has 2 aliphatic heterocycles. The van der Waals surface area contributed by atoms with Crippen molar-refractivity contribution in [2.45, 2.75) is 56.5 Å². The van der Waals surface area contributed by atoms with E-state index in [0.29, 0.717) is 26.2 Å². The quantitative estimate of drug-likeness (QED) is 0.735. The smallest absolute Gasteiger partial charge is 0.410 e. The van der Waals surface area contributed by atoms with Crippen molar-refractivity contribution in [1.29, 1.82) is 0 Å². The molecular formula is C19H25F2N3O4S. The van der Waals surface area contributed by atoms with E-state index < -0.39 is 33.8 Å². The van der Waals surface area contributed by atoms with Crippen LogP contribution >= 0.6 is 0 Å². The lowest BCUT2D eigenvalue weighted by Crippen LogP contribution is -2.73. The third kappa shape index (κ3) is 3.84. The molecule has 3 heterocycles. The number of hydrogen-bond donors (Lipinski definition) is 0. The monoisotopic (exact) mass is 429 g/mol. The highest BCUT2D eigenvalue weighted by Crippen LogP contribution is 2.46. The normalized spacial score (nSPS) is 21.8. The van der Waals surface area contributed by atoms with Gasteiger partial charge < -0.3 is 9.64 Å². The molecule has 3 aliphatic rings. The number of carbonyl (C=O) groups is 1. The molecule has 10 heteroatoms. The number of carbonyl (C=O) groups excluding carboxylic acids is 1. The summed E-state index contributed by atoms with van der Waals surface area (Å²) >= 11 is 0. The standard InChI is InChI=1S/C19H25F2N3O4S/c1-18(2,3)28-17(25)23-8-19(9-23)10-24(11-19)29(26,27)14-7-6-13(16(20)21)22-15(14)12-4-5-12/h6-7,12,16H,4-5,8-11H2,1-3H3. The molecule has 0 aromatic carbocycles. The minimum atomic E-state index is -3.80. The Balaban J connectivity index is 1.43. The van der Waals surface area contributed by atoms with Gasteiger partial charge in [0.2, 0.25) is 10.0 Å².